The van der Waals surface area contributed by atoms with Crippen LogP contribution in [0.3, 0.4) is 0 Å². The van der Waals surface area contributed by atoms with Gasteiger partial charge >= 0.3 is 0 Å². The molecular formula is C30H36N2O4. The number of benzene rings is 3. The zero-order valence-corrected chi connectivity index (χ0v) is 22.1. The Bertz CT molecular complexity index is 1200. The molecule has 0 heterocycles. The smallest absolute Gasteiger partial charge is 0.189 e. The van der Waals surface area contributed by atoms with Crippen molar-refractivity contribution in [2.75, 3.05) is 55.6 Å². The number of allylic oxidation sites excluding steroid dienone is 1. The van der Waals surface area contributed by atoms with E-state index < -0.39 is 0 Å². The molecule has 3 rings (SSSR count). The van der Waals surface area contributed by atoms with Crippen LogP contribution < -0.4 is 14.2 Å². The average Bonchev–Trinajstić information content (AvgIpc) is 2.87. The van der Waals surface area contributed by atoms with Crippen molar-refractivity contribution in [2.24, 2.45) is 0 Å². The van der Waals surface area contributed by atoms with Crippen LogP contribution in [0.4, 0.5) is 0 Å². The van der Waals surface area contributed by atoms with E-state index in [1.807, 2.05) is 93.8 Å². The topological polar surface area (TPSA) is 51.2 Å². The van der Waals surface area contributed by atoms with Crippen LogP contribution in [0.5, 0.6) is 17.2 Å². The van der Waals surface area contributed by atoms with Gasteiger partial charge in [-0.2, -0.15) is 0 Å². The lowest BCUT2D eigenvalue weighted by Crippen LogP contribution is -2.20. The zero-order valence-electron chi connectivity index (χ0n) is 22.1. The van der Waals surface area contributed by atoms with E-state index >= 15 is 0 Å². The summed E-state index contributed by atoms with van der Waals surface area (Å²) in [5.41, 5.74) is 4.35. The highest BCUT2D eigenvalue weighted by atomic mass is 16.5. The van der Waals surface area contributed by atoms with Gasteiger partial charge in [0.25, 0.3) is 0 Å². The van der Waals surface area contributed by atoms with Crippen molar-refractivity contribution in [2.45, 2.75) is 6.54 Å². The second-order valence-electron chi connectivity index (χ2n) is 9.06. The highest BCUT2D eigenvalue weighted by Crippen LogP contribution is 2.36. The van der Waals surface area contributed by atoms with E-state index in [0.29, 0.717) is 29.4 Å². The summed E-state index contributed by atoms with van der Waals surface area (Å²) in [7, 11) is 11.3. The van der Waals surface area contributed by atoms with Gasteiger partial charge in [-0.25, -0.2) is 0 Å². The second-order valence-corrected chi connectivity index (χ2v) is 9.06. The minimum Gasteiger partial charge on any atom is -0.497 e. The predicted molar refractivity (Wildman–Crippen MR) is 146 cm³/mol. The summed E-state index contributed by atoms with van der Waals surface area (Å²) in [6.07, 6.45) is 3.50. The monoisotopic (exact) mass is 488 g/mol. The molecule has 0 aromatic heterocycles. The molecule has 0 atom stereocenters. The lowest BCUT2D eigenvalue weighted by molar-refractivity contribution is 0.104. The molecular weight excluding hydrogens is 452 g/mol. The Balaban J connectivity index is 2.00. The number of ketones is 1. The number of rotatable bonds is 12. The van der Waals surface area contributed by atoms with Crippen molar-refractivity contribution < 1.29 is 19.0 Å². The number of carbonyl (C=O) groups excluding carboxylic acids is 1. The normalized spacial score (nSPS) is 11.3. The SMILES string of the molecule is COc1ccc(OC)c(-c2ccc(OCCN(C)C)c(C(=O)/C=C/c3ccccc3CN(C)C)c2)c1. The Morgan fingerprint density at radius 2 is 1.61 bits per heavy atom. The molecule has 0 N–H and O–H groups in total. The standard InChI is InChI=1S/C30H36N2O4/c1-31(2)17-18-36-30-15-12-23(26-20-25(34-5)13-16-29(26)35-6)19-27(30)28(33)14-11-22-9-7-8-10-24(22)21-32(3)4/h7-16,19-20H,17-18,21H2,1-6H3/b14-11+. The van der Waals surface area contributed by atoms with Gasteiger partial charge in [-0.3, -0.25) is 4.79 Å². The molecule has 36 heavy (non-hydrogen) atoms. The minimum absolute atomic E-state index is 0.127. The summed E-state index contributed by atoms with van der Waals surface area (Å²) in [5, 5.41) is 0. The summed E-state index contributed by atoms with van der Waals surface area (Å²) >= 11 is 0. The molecule has 0 unspecified atom stereocenters. The first kappa shape index (κ1) is 27.0. The first-order valence-corrected chi connectivity index (χ1v) is 11.9. The molecule has 3 aromatic rings. The maximum atomic E-state index is 13.5. The van der Waals surface area contributed by atoms with E-state index in [-0.39, 0.29) is 5.78 Å². The van der Waals surface area contributed by atoms with Crippen molar-refractivity contribution >= 4 is 11.9 Å². The Kier molecular flexibility index (Phi) is 9.68. The van der Waals surface area contributed by atoms with Gasteiger partial charge in [0.2, 0.25) is 0 Å². The molecule has 0 saturated heterocycles. The van der Waals surface area contributed by atoms with Crippen LogP contribution in [0, 0.1) is 0 Å². The molecule has 0 aliphatic carbocycles. The third-order valence-corrected chi connectivity index (χ3v) is 5.71. The molecule has 0 aliphatic heterocycles. The highest BCUT2D eigenvalue weighted by Gasteiger charge is 2.16. The zero-order chi connectivity index (χ0) is 26.1. The summed E-state index contributed by atoms with van der Waals surface area (Å²) in [6.45, 7) is 2.01. The van der Waals surface area contributed by atoms with Gasteiger partial charge in [0.1, 0.15) is 23.9 Å². The maximum Gasteiger partial charge on any atom is 0.189 e. The molecule has 0 radical (unpaired) electrons. The number of hydrogen-bond acceptors (Lipinski definition) is 6. The number of methoxy groups -OCH3 is 2. The summed E-state index contributed by atoms with van der Waals surface area (Å²) in [5.74, 6) is 1.84. The van der Waals surface area contributed by atoms with E-state index in [1.54, 1.807) is 20.3 Å². The quantitative estimate of drug-likeness (QED) is 0.256. The molecule has 190 valence electrons. The van der Waals surface area contributed by atoms with Gasteiger partial charge < -0.3 is 24.0 Å². The molecule has 0 saturated carbocycles. The Morgan fingerprint density at radius 1 is 0.861 bits per heavy atom. The van der Waals surface area contributed by atoms with E-state index in [9.17, 15) is 4.79 Å². The lowest BCUT2D eigenvalue weighted by atomic mass is 9.98. The fourth-order valence-electron chi connectivity index (χ4n) is 3.83. The van der Waals surface area contributed by atoms with Gasteiger partial charge in [-0.05, 0) is 81.3 Å². The third-order valence-electron chi connectivity index (χ3n) is 5.71. The van der Waals surface area contributed by atoms with Gasteiger partial charge in [0.15, 0.2) is 5.78 Å². The molecule has 3 aromatic carbocycles. The second kappa shape index (κ2) is 12.9. The van der Waals surface area contributed by atoms with Crippen LogP contribution >= 0.6 is 0 Å². The fraction of sp³-hybridized carbons (Fsp3) is 0.300. The van der Waals surface area contributed by atoms with Gasteiger partial charge in [0.05, 0.1) is 19.8 Å². The third kappa shape index (κ3) is 7.20. The van der Waals surface area contributed by atoms with Crippen molar-refractivity contribution in [1.82, 2.24) is 9.80 Å². The molecule has 0 amide bonds. The van der Waals surface area contributed by atoms with Gasteiger partial charge in [0, 0.05) is 18.7 Å². The van der Waals surface area contributed by atoms with Crippen LogP contribution in [0.2, 0.25) is 0 Å². The Labute approximate surface area is 214 Å². The molecule has 0 spiro atoms. The van der Waals surface area contributed by atoms with Crippen molar-refractivity contribution in [3.8, 4) is 28.4 Å². The molecule has 6 nitrogen and oxygen atoms in total. The number of hydrogen-bond donors (Lipinski definition) is 0. The van der Waals surface area contributed by atoms with Crippen LogP contribution in [-0.4, -0.2) is 71.1 Å². The number of nitrogens with zero attached hydrogens (tertiary/aromatic N) is 2. The largest absolute Gasteiger partial charge is 0.497 e. The molecule has 6 heteroatoms. The molecule has 0 fully saturated rings. The first-order chi connectivity index (χ1) is 17.3. The van der Waals surface area contributed by atoms with Gasteiger partial charge in [-0.1, -0.05) is 36.4 Å². The predicted octanol–water partition coefficient (Wildman–Crippen LogP) is 5.27. The Morgan fingerprint density at radius 3 is 2.31 bits per heavy atom. The Hall–Kier alpha value is -3.61. The highest BCUT2D eigenvalue weighted by molar-refractivity contribution is 6.09. The fourth-order valence-corrected chi connectivity index (χ4v) is 3.83. The number of ether oxygens (including phenoxy) is 3. The van der Waals surface area contributed by atoms with E-state index in [1.165, 1.54) is 0 Å². The number of carbonyl (C=O) groups is 1. The lowest BCUT2D eigenvalue weighted by Gasteiger charge is -2.16. The maximum absolute atomic E-state index is 13.5. The van der Waals surface area contributed by atoms with Crippen LogP contribution in [0.1, 0.15) is 21.5 Å². The van der Waals surface area contributed by atoms with Crippen molar-refractivity contribution in [3.05, 3.63) is 83.4 Å². The van der Waals surface area contributed by atoms with Crippen LogP contribution in [-0.2, 0) is 6.54 Å². The minimum atomic E-state index is -0.127. The summed E-state index contributed by atoms with van der Waals surface area (Å²) in [4.78, 5) is 17.6. The van der Waals surface area contributed by atoms with Crippen LogP contribution in [0.25, 0.3) is 17.2 Å². The van der Waals surface area contributed by atoms with E-state index in [4.69, 9.17) is 14.2 Å². The summed E-state index contributed by atoms with van der Waals surface area (Å²) in [6, 6.07) is 19.4. The van der Waals surface area contributed by atoms with Crippen molar-refractivity contribution in [1.29, 1.82) is 0 Å². The number of likely N-dealkylation sites (N-methyl/N-ethyl adjacent to an activating group) is 1. The molecule has 0 bridgehead atoms. The average molecular weight is 489 g/mol. The van der Waals surface area contributed by atoms with E-state index in [2.05, 4.69) is 11.0 Å². The van der Waals surface area contributed by atoms with Gasteiger partial charge in [-0.15, -0.1) is 0 Å². The molecule has 0 aliphatic rings. The van der Waals surface area contributed by atoms with Crippen LogP contribution in [0.15, 0.2) is 66.7 Å². The van der Waals surface area contributed by atoms with Crippen molar-refractivity contribution in [3.63, 3.8) is 0 Å². The van der Waals surface area contributed by atoms with E-state index in [0.717, 1.165) is 35.3 Å². The first-order valence-electron chi connectivity index (χ1n) is 11.9. The summed E-state index contributed by atoms with van der Waals surface area (Å²) < 4.78 is 17.0.